The van der Waals surface area contributed by atoms with Gasteiger partial charge in [0.25, 0.3) is 5.69 Å². The minimum Gasteiger partial charge on any atom is -0.258 e. The van der Waals surface area contributed by atoms with Crippen LogP contribution in [0, 0.1) is 10.1 Å². The van der Waals surface area contributed by atoms with Crippen LogP contribution in [0.3, 0.4) is 0 Å². The second kappa shape index (κ2) is 8.99. The molecule has 6 heteroatoms. The molecule has 6 nitrogen and oxygen atoms in total. The van der Waals surface area contributed by atoms with E-state index in [1.165, 1.54) is 12.1 Å². The Morgan fingerprint density at radius 3 is 2.50 bits per heavy atom. The van der Waals surface area contributed by atoms with Gasteiger partial charge < -0.3 is 0 Å². The predicted molar refractivity (Wildman–Crippen MR) is 113 cm³/mol. The Kier molecular flexibility index (Phi) is 6.22. The van der Waals surface area contributed by atoms with Gasteiger partial charge in [0.2, 0.25) is 0 Å². The van der Waals surface area contributed by atoms with Crippen LogP contribution >= 0.6 is 0 Å². The molecule has 1 aromatic heterocycles. The summed E-state index contributed by atoms with van der Waals surface area (Å²) in [6, 6.07) is 18.5. The fraction of sp³-hybridized carbons (Fsp3) is 0.227. The van der Waals surface area contributed by atoms with Gasteiger partial charge in [-0.25, -0.2) is 0 Å². The molecule has 142 valence electrons. The van der Waals surface area contributed by atoms with E-state index in [1.807, 2.05) is 37.3 Å². The number of aromatic nitrogens is 1. The number of non-ortho nitro benzene ring substituents is 1. The lowest BCUT2D eigenvalue weighted by Gasteiger charge is -2.05. The van der Waals surface area contributed by atoms with E-state index < -0.39 is 4.92 Å². The molecule has 28 heavy (non-hydrogen) atoms. The van der Waals surface area contributed by atoms with Gasteiger partial charge >= 0.3 is 0 Å². The molecule has 0 atom stereocenters. The third kappa shape index (κ3) is 4.85. The number of para-hydroxylation sites is 1. The summed E-state index contributed by atoms with van der Waals surface area (Å²) in [5.74, 6) is 0. The van der Waals surface area contributed by atoms with Crippen molar-refractivity contribution in [2.75, 3.05) is 0 Å². The molecule has 1 heterocycles. The first-order chi connectivity index (χ1) is 13.6. The molecule has 0 aliphatic heterocycles. The number of pyridine rings is 1. The smallest absolute Gasteiger partial charge is 0.258 e. The van der Waals surface area contributed by atoms with Gasteiger partial charge in [-0.05, 0) is 43.2 Å². The average Bonchev–Trinajstić information content (AvgIpc) is 2.72. The minimum atomic E-state index is -0.412. The summed E-state index contributed by atoms with van der Waals surface area (Å²) in [4.78, 5) is 15.1. The lowest BCUT2D eigenvalue weighted by atomic mass is 10.1. The Hall–Kier alpha value is -3.41. The van der Waals surface area contributed by atoms with Crippen LogP contribution in [0.4, 0.5) is 5.69 Å². The Morgan fingerprint density at radius 1 is 1.04 bits per heavy atom. The van der Waals surface area contributed by atoms with Gasteiger partial charge in [0.05, 0.1) is 16.2 Å². The number of benzene rings is 2. The molecule has 0 aliphatic rings. The van der Waals surface area contributed by atoms with Crippen molar-refractivity contribution in [3.63, 3.8) is 0 Å². The molecule has 2 aromatic carbocycles. The van der Waals surface area contributed by atoms with Crippen LogP contribution in [0.1, 0.15) is 37.9 Å². The van der Waals surface area contributed by atoms with Crippen LogP contribution in [-0.4, -0.2) is 21.3 Å². The molecular weight excluding hydrogens is 352 g/mol. The molecule has 3 aromatic rings. The lowest BCUT2D eigenvalue weighted by Crippen LogP contribution is -2.05. The van der Waals surface area contributed by atoms with Crippen molar-refractivity contribution in [1.29, 1.82) is 0 Å². The zero-order valence-electron chi connectivity index (χ0n) is 16.0. The topological polar surface area (TPSA) is 80.8 Å². The minimum absolute atomic E-state index is 0.0640. The fourth-order valence-corrected chi connectivity index (χ4v) is 2.91. The van der Waals surface area contributed by atoms with Crippen LogP contribution in [-0.2, 0) is 6.42 Å². The lowest BCUT2D eigenvalue weighted by molar-refractivity contribution is -0.384. The highest BCUT2D eigenvalue weighted by molar-refractivity contribution is 5.99. The van der Waals surface area contributed by atoms with Gasteiger partial charge in [0, 0.05) is 35.3 Å². The number of hydrogen-bond donors (Lipinski definition) is 0. The summed E-state index contributed by atoms with van der Waals surface area (Å²) in [5, 5.41) is 20.7. The van der Waals surface area contributed by atoms with Gasteiger partial charge in [0.15, 0.2) is 0 Å². The van der Waals surface area contributed by atoms with Crippen molar-refractivity contribution >= 4 is 28.0 Å². The van der Waals surface area contributed by atoms with Crippen molar-refractivity contribution in [2.24, 2.45) is 10.2 Å². The maximum Gasteiger partial charge on any atom is 0.269 e. The molecule has 3 rings (SSSR count). The summed E-state index contributed by atoms with van der Waals surface area (Å²) in [6.45, 7) is 3.96. The first-order valence-electron chi connectivity index (χ1n) is 9.26. The zero-order chi connectivity index (χ0) is 19.9. The molecule has 0 N–H and O–H groups in total. The van der Waals surface area contributed by atoms with E-state index in [9.17, 15) is 10.1 Å². The molecule has 0 fully saturated rings. The van der Waals surface area contributed by atoms with Crippen molar-refractivity contribution in [3.05, 3.63) is 82.0 Å². The van der Waals surface area contributed by atoms with Crippen LogP contribution in [0.25, 0.3) is 10.9 Å². The third-order valence-electron chi connectivity index (χ3n) is 4.42. The van der Waals surface area contributed by atoms with Gasteiger partial charge in [0.1, 0.15) is 0 Å². The average molecular weight is 374 g/mol. The van der Waals surface area contributed by atoms with E-state index >= 15 is 0 Å². The van der Waals surface area contributed by atoms with E-state index in [0.717, 1.165) is 46.4 Å². The first-order valence-corrected chi connectivity index (χ1v) is 9.26. The Morgan fingerprint density at radius 2 is 1.79 bits per heavy atom. The normalized spacial score (nSPS) is 12.4. The van der Waals surface area contributed by atoms with Crippen molar-refractivity contribution in [1.82, 2.24) is 4.98 Å². The highest BCUT2D eigenvalue weighted by Gasteiger charge is 2.07. The number of rotatable bonds is 7. The second-order valence-electron chi connectivity index (χ2n) is 6.58. The SMILES string of the molecule is CCCC(Cc1ccc2ccccc2n1)=NN=C(C)c1ccc([N+](=O)[O-])cc1. The Labute approximate surface area is 163 Å². The Bertz CT molecular complexity index is 1040. The summed E-state index contributed by atoms with van der Waals surface area (Å²) < 4.78 is 0. The molecule has 0 amide bonds. The quantitative estimate of drug-likeness (QED) is 0.317. The van der Waals surface area contributed by atoms with Gasteiger partial charge in [-0.2, -0.15) is 10.2 Å². The third-order valence-corrected chi connectivity index (χ3v) is 4.42. The predicted octanol–water partition coefficient (Wildman–Crippen LogP) is 5.35. The summed E-state index contributed by atoms with van der Waals surface area (Å²) in [5.41, 5.74) is 4.50. The van der Waals surface area contributed by atoms with Crippen molar-refractivity contribution in [3.8, 4) is 0 Å². The largest absolute Gasteiger partial charge is 0.269 e. The molecule has 0 saturated carbocycles. The maximum atomic E-state index is 10.8. The molecule has 0 bridgehead atoms. The van der Waals surface area contributed by atoms with Gasteiger partial charge in [-0.3, -0.25) is 15.1 Å². The number of nitrogens with zero attached hydrogens (tertiary/aromatic N) is 4. The first kappa shape index (κ1) is 19.4. The van der Waals surface area contributed by atoms with Gasteiger partial charge in [-0.15, -0.1) is 0 Å². The summed E-state index contributed by atoms with van der Waals surface area (Å²) in [6.07, 6.45) is 2.46. The van der Waals surface area contributed by atoms with E-state index in [1.54, 1.807) is 12.1 Å². The second-order valence-corrected chi connectivity index (χ2v) is 6.58. The van der Waals surface area contributed by atoms with E-state index in [0.29, 0.717) is 6.42 Å². The highest BCUT2D eigenvalue weighted by Crippen LogP contribution is 2.14. The zero-order valence-corrected chi connectivity index (χ0v) is 16.0. The van der Waals surface area contributed by atoms with Crippen LogP contribution in [0.15, 0.2) is 70.9 Å². The Balaban J connectivity index is 1.80. The van der Waals surface area contributed by atoms with Crippen LogP contribution in [0.5, 0.6) is 0 Å². The van der Waals surface area contributed by atoms with Gasteiger partial charge in [-0.1, -0.05) is 37.6 Å². The molecule has 0 saturated heterocycles. The number of nitro groups is 1. The monoisotopic (exact) mass is 374 g/mol. The van der Waals surface area contributed by atoms with Crippen LogP contribution in [0.2, 0.25) is 0 Å². The van der Waals surface area contributed by atoms with Crippen molar-refractivity contribution in [2.45, 2.75) is 33.1 Å². The molecule has 0 radical (unpaired) electrons. The highest BCUT2D eigenvalue weighted by atomic mass is 16.6. The summed E-state index contributed by atoms with van der Waals surface area (Å²) in [7, 11) is 0. The number of nitro benzene ring substituents is 1. The fourth-order valence-electron chi connectivity index (χ4n) is 2.91. The van der Waals surface area contributed by atoms with E-state index in [2.05, 4.69) is 23.2 Å². The summed E-state index contributed by atoms with van der Waals surface area (Å²) >= 11 is 0. The number of hydrogen-bond acceptors (Lipinski definition) is 5. The standard InChI is InChI=1S/C22H22N4O2/c1-3-6-20(15-19-12-9-18-7-4-5-8-22(18)23-19)25-24-16(2)17-10-13-21(14-11-17)26(27)28/h4-5,7-14H,3,6,15H2,1-2H3. The maximum absolute atomic E-state index is 10.8. The molecule has 0 unspecified atom stereocenters. The van der Waals surface area contributed by atoms with E-state index in [-0.39, 0.29) is 5.69 Å². The van der Waals surface area contributed by atoms with Crippen molar-refractivity contribution < 1.29 is 4.92 Å². The molecular formula is C22H22N4O2. The van der Waals surface area contributed by atoms with Crippen LogP contribution < -0.4 is 0 Å². The molecule has 0 aliphatic carbocycles. The number of fused-ring (bicyclic) bond motifs is 1. The van der Waals surface area contributed by atoms with E-state index in [4.69, 9.17) is 4.98 Å². The molecule has 0 spiro atoms.